The number of hydrogen-bond acceptors (Lipinski definition) is 5. The van der Waals surface area contributed by atoms with Crippen molar-refractivity contribution in [2.45, 2.75) is 77.4 Å². The molecule has 1 heterocycles. The minimum Gasteiger partial charge on any atom is -0.507 e. The van der Waals surface area contributed by atoms with Crippen LogP contribution in [0, 0.1) is 11.3 Å². The number of carboxylic acid groups (broad SMARTS) is 1. The monoisotopic (exact) mass is 564 g/mol. The number of carbonyl (C=O) groups excluding carboxylic acids is 1. The van der Waals surface area contributed by atoms with Crippen LogP contribution < -0.4 is 0 Å². The first kappa shape index (κ1) is 32.8. The number of alkyl halides is 3. The molecule has 3 rings (SSSR count). The normalized spacial score (nSPS) is 17.9. The fraction of sp³-hybridized carbons (Fsp3) is 0.500. The molecular formula is C30H39F3N2O5. The maximum absolute atomic E-state index is 13.4. The highest BCUT2D eigenvalue weighted by Gasteiger charge is 2.39. The number of rotatable bonds is 6. The summed E-state index contributed by atoms with van der Waals surface area (Å²) >= 11 is 0. The molecule has 0 radical (unpaired) electrons. The SMILES string of the molecule is CC(C)(C)c1cc(C(=O)CN2C(=N)C(Cc3ccccc3)CC2CO)cc(C(C)(C)C)c1O.O=C(O)C(F)(F)F. The van der Waals surface area contributed by atoms with Crippen molar-refractivity contribution in [3.8, 4) is 5.75 Å². The van der Waals surface area contributed by atoms with Crippen molar-refractivity contribution in [1.82, 2.24) is 4.90 Å². The number of benzene rings is 2. The summed E-state index contributed by atoms with van der Waals surface area (Å²) in [6.07, 6.45) is -3.70. The molecule has 2 aromatic carbocycles. The fourth-order valence-electron chi connectivity index (χ4n) is 4.65. The predicted octanol–water partition coefficient (Wildman–Crippen LogP) is 5.71. The third-order valence-electron chi connectivity index (χ3n) is 6.83. The smallest absolute Gasteiger partial charge is 0.490 e. The number of aliphatic carboxylic acids is 1. The van der Waals surface area contributed by atoms with Crippen LogP contribution in [0.2, 0.25) is 0 Å². The molecule has 2 aromatic rings. The van der Waals surface area contributed by atoms with Crippen LogP contribution in [0.1, 0.15) is 75.0 Å². The lowest BCUT2D eigenvalue weighted by molar-refractivity contribution is -0.192. The zero-order valence-electron chi connectivity index (χ0n) is 23.8. The number of carbonyl (C=O) groups is 2. The van der Waals surface area contributed by atoms with Gasteiger partial charge in [0.2, 0.25) is 0 Å². The van der Waals surface area contributed by atoms with Gasteiger partial charge >= 0.3 is 12.1 Å². The van der Waals surface area contributed by atoms with Gasteiger partial charge in [0, 0.05) is 22.6 Å². The summed E-state index contributed by atoms with van der Waals surface area (Å²) in [7, 11) is 0. The van der Waals surface area contributed by atoms with Crippen molar-refractivity contribution in [2.75, 3.05) is 13.2 Å². The second-order valence-electron chi connectivity index (χ2n) is 12.1. The van der Waals surface area contributed by atoms with Gasteiger partial charge in [-0.1, -0.05) is 71.9 Å². The van der Waals surface area contributed by atoms with Crippen molar-refractivity contribution in [2.24, 2.45) is 5.92 Å². The van der Waals surface area contributed by atoms with Gasteiger partial charge in [-0.05, 0) is 41.4 Å². The van der Waals surface area contributed by atoms with Gasteiger partial charge in [-0.2, -0.15) is 13.2 Å². The molecule has 2 unspecified atom stereocenters. The summed E-state index contributed by atoms with van der Waals surface area (Å²) in [6, 6.07) is 13.4. The molecule has 0 aromatic heterocycles. The molecule has 4 N–H and O–H groups in total. The van der Waals surface area contributed by atoms with E-state index in [9.17, 15) is 28.2 Å². The quantitative estimate of drug-likeness (QED) is 0.334. The molecule has 1 fully saturated rings. The molecule has 1 saturated heterocycles. The molecule has 0 spiro atoms. The predicted molar refractivity (Wildman–Crippen MR) is 147 cm³/mol. The van der Waals surface area contributed by atoms with E-state index in [1.807, 2.05) is 71.9 Å². The zero-order chi connectivity index (χ0) is 30.6. The Labute approximate surface area is 233 Å². The van der Waals surface area contributed by atoms with E-state index in [1.54, 1.807) is 17.0 Å². The molecule has 0 amide bonds. The summed E-state index contributed by atoms with van der Waals surface area (Å²) < 4.78 is 31.7. The molecule has 0 aliphatic carbocycles. The first-order valence-electron chi connectivity index (χ1n) is 13.0. The van der Waals surface area contributed by atoms with Gasteiger partial charge in [0.1, 0.15) is 11.6 Å². The topological polar surface area (TPSA) is 122 Å². The number of hydrogen-bond donors (Lipinski definition) is 4. The van der Waals surface area contributed by atoms with Gasteiger partial charge in [0.05, 0.1) is 19.2 Å². The molecule has 220 valence electrons. The van der Waals surface area contributed by atoms with Crippen molar-refractivity contribution in [1.29, 1.82) is 5.41 Å². The van der Waals surface area contributed by atoms with Crippen LogP contribution in [-0.2, 0) is 22.0 Å². The van der Waals surface area contributed by atoms with E-state index in [0.29, 0.717) is 17.8 Å². The van der Waals surface area contributed by atoms with E-state index in [0.717, 1.165) is 23.1 Å². The molecule has 0 bridgehead atoms. The van der Waals surface area contributed by atoms with Crippen molar-refractivity contribution in [3.63, 3.8) is 0 Å². The molecular weight excluding hydrogens is 525 g/mol. The minimum atomic E-state index is -5.08. The Morgan fingerprint density at radius 2 is 1.45 bits per heavy atom. The van der Waals surface area contributed by atoms with E-state index in [-0.39, 0.29) is 47.5 Å². The lowest BCUT2D eigenvalue weighted by atomic mass is 9.78. The van der Waals surface area contributed by atoms with E-state index in [4.69, 9.17) is 15.3 Å². The Balaban J connectivity index is 0.000000708. The van der Waals surface area contributed by atoms with Crippen LogP contribution in [0.5, 0.6) is 5.75 Å². The Bertz CT molecular complexity index is 1180. The highest BCUT2D eigenvalue weighted by molar-refractivity contribution is 6.01. The summed E-state index contributed by atoms with van der Waals surface area (Å²) in [5.74, 6) is -2.22. The van der Waals surface area contributed by atoms with E-state index in [1.165, 1.54) is 0 Å². The number of ketones is 1. The Kier molecular flexibility index (Phi) is 10.2. The summed E-state index contributed by atoms with van der Waals surface area (Å²) in [5, 5.41) is 36.8. The van der Waals surface area contributed by atoms with Crippen LogP contribution in [0.25, 0.3) is 0 Å². The number of likely N-dealkylation sites (tertiary alicyclic amines) is 1. The van der Waals surface area contributed by atoms with Crippen LogP contribution in [0.15, 0.2) is 42.5 Å². The highest BCUT2D eigenvalue weighted by atomic mass is 19.4. The highest BCUT2D eigenvalue weighted by Crippen LogP contribution is 2.40. The van der Waals surface area contributed by atoms with Crippen LogP contribution >= 0.6 is 0 Å². The van der Waals surface area contributed by atoms with E-state index < -0.39 is 12.1 Å². The first-order chi connectivity index (χ1) is 18.3. The maximum atomic E-state index is 13.4. The third kappa shape index (κ3) is 8.30. The third-order valence-corrected chi connectivity index (χ3v) is 6.83. The van der Waals surface area contributed by atoms with Crippen molar-refractivity contribution < 1.29 is 38.1 Å². The molecule has 0 saturated carbocycles. The number of aliphatic hydroxyl groups excluding tert-OH is 1. The zero-order valence-corrected chi connectivity index (χ0v) is 23.8. The van der Waals surface area contributed by atoms with Crippen LogP contribution in [-0.4, -0.2) is 63.2 Å². The van der Waals surface area contributed by atoms with Gasteiger partial charge in [0.25, 0.3) is 0 Å². The molecule has 7 nitrogen and oxygen atoms in total. The molecule has 40 heavy (non-hydrogen) atoms. The number of halogens is 3. The van der Waals surface area contributed by atoms with Gasteiger partial charge < -0.3 is 20.2 Å². The fourth-order valence-corrected chi connectivity index (χ4v) is 4.65. The lowest BCUT2D eigenvalue weighted by Crippen LogP contribution is -2.39. The van der Waals surface area contributed by atoms with E-state index >= 15 is 0 Å². The van der Waals surface area contributed by atoms with Gasteiger partial charge in [-0.25, -0.2) is 4.79 Å². The minimum absolute atomic E-state index is 0.0209. The average molecular weight is 565 g/mol. The lowest BCUT2D eigenvalue weighted by Gasteiger charge is -2.29. The average Bonchev–Trinajstić information content (AvgIpc) is 3.12. The van der Waals surface area contributed by atoms with E-state index in [2.05, 4.69) is 0 Å². The number of aromatic hydroxyl groups is 1. The van der Waals surface area contributed by atoms with Gasteiger partial charge in [0.15, 0.2) is 5.78 Å². The maximum Gasteiger partial charge on any atom is 0.490 e. The van der Waals surface area contributed by atoms with Crippen LogP contribution in [0.3, 0.4) is 0 Å². The number of phenols is 1. The Morgan fingerprint density at radius 3 is 1.85 bits per heavy atom. The number of nitrogens with zero attached hydrogens (tertiary/aromatic N) is 1. The Hall–Kier alpha value is -3.40. The molecule has 1 aliphatic heterocycles. The summed E-state index contributed by atoms with van der Waals surface area (Å²) in [5.41, 5.74) is 2.54. The summed E-state index contributed by atoms with van der Waals surface area (Å²) in [6.45, 7) is 12.1. The van der Waals surface area contributed by atoms with Crippen LogP contribution in [0.4, 0.5) is 13.2 Å². The number of amidine groups is 1. The largest absolute Gasteiger partial charge is 0.507 e. The molecule has 2 atom stereocenters. The van der Waals surface area contributed by atoms with Crippen molar-refractivity contribution >= 4 is 17.6 Å². The number of nitrogens with one attached hydrogen (secondary N) is 1. The number of aliphatic hydroxyl groups is 1. The standard InChI is InChI=1S/C28H38N2O3.C2HF3O2/c1-27(2,3)22-14-19(15-23(25(22)33)28(4,5)6)24(32)16-30-21(17-31)13-20(26(30)29)12-18-10-8-7-9-11-18;3-2(4,5)1(6)7/h7-11,14-15,20-21,29,31,33H,12-13,16-17H2,1-6H3;(H,6,7). The second-order valence-corrected chi connectivity index (χ2v) is 12.1. The Morgan fingerprint density at radius 1 is 0.975 bits per heavy atom. The molecule has 1 aliphatic rings. The first-order valence-corrected chi connectivity index (χ1v) is 13.0. The van der Waals surface area contributed by atoms with Crippen molar-refractivity contribution in [3.05, 3.63) is 64.7 Å². The number of carboxylic acids is 1. The van der Waals surface area contributed by atoms with Gasteiger partial charge in [-0.15, -0.1) is 0 Å². The second kappa shape index (κ2) is 12.4. The number of Topliss-reactive ketones (excluding diaryl/α,β-unsaturated/α-hetero) is 1. The molecule has 10 heteroatoms. The number of phenolic OH excluding ortho intramolecular Hbond substituents is 1. The summed E-state index contributed by atoms with van der Waals surface area (Å²) in [4.78, 5) is 24.1. The van der Waals surface area contributed by atoms with Gasteiger partial charge in [-0.3, -0.25) is 10.2 Å².